The summed E-state index contributed by atoms with van der Waals surface area (Å²) < 4.78 is 13.1. The molecule has 0 bridgehead atoms. The molecule has 0 radical (unpaired) electrons. The van der Waals surface area contributed by atoms with Gasteiger partial charge >= 0.3 is 0 Å². The van der Waals surface area contributed by atoms with E-state index in [0.717, 1.165) is 44.7 Å². The quantitative estimate of drug-likeness (QED) is 0.829. The summed E-state index contributed by atoms with van der Waals surface area (Å²) in [7, 11) is 0. The van der Waals surface area contributed by atoms with Crippen LogP contribution in [-0.4, -0.2) is 51.8 Å². The molecule has 7 heteroatoms. The van der Waals surface area contributed by atoms with Crippen LogP contribution in [0.3, 0.4) is 0 Å². The summed E-state index contributed by atoms with van der Waals surface area (Å²) in [4.78, 5) is 30.8. The van der Waals surface area contributed by atoms with Crippen LogP contribution in [0.4, 0.5) is 10.3 Å². The van der Waals surface area contributed by atoms with Crippen LogP contribution < -0.4 is 4.90 Å². The fourth-order valence-corrected chi connectivity index (χ4v) is 5.04. The number of carbonyl (C=O) groups is 1. The van der Waals surface area contributed by atoms with Crippen LogP contribution in [0.1, 0.15) is 39.0 Å². The largest absolute Gasteiger partial charge is 0.340 e. The van der Waals surface area contributed by atoms with Gasteiger partial charge in [0.25, 0.3) is 5.91 Å². The van der Waals surface area contributed by atoms with Gasteiger partial charge < -0.3 is 4.90 Å². The molecule has 1 saturated heterocycles. The second-order valence-corrected chi connectivity index (χ2v) is 8.18. The Morgan fingerprint density at radius 3 is 2.69 bits per heavy atom. The molecule has 1 aromatic heterocycles. The molecule has 2 saturated carbocycles. The molecule has 5 rings (SSSR count). The Hall–Kier alpha value is -2.05. The first-order valence-electron chi connectivity index (χ1n) is 9.74. The van der Waals surface area contributed by atoms with Crippen molar-refractivity contribution >= 4 is 17.7 Å². The first-order valence-corrected chi connectivity index (χ1v) is 9.74. The number of halogens is 1. The molecule has 3 atom stereocenters. The standard InChI is InChI=1S/C19H24FN5O/c1-2-16-23-19(17(26)25(16)9-12-3-4-12)6-5-13-10-24(11-15(13)19)18-21-7-14(20)8-22-18/h7-8,12-13,15H,2-6,9-11H2,1H3/t13-,15-,19+/m1/s1. The van der Waals surface area contributed by atoms with Crippen molar-refractivity contribution in [1.82, 2.24) is 14.9 Å². The number of nitrogens with zero attached hydrogens (tertiary/aromatic N) is 5. The fourth-order valence-electron chi connectivity index (χ4n) is 5.04. The Balaban J connectivity index is 1.41. The fraction of sp³-hybridized carbons (Fsp3) is 0.684. The highest BCUT2D eigenvalue weighted by Gasteiger charge is 2.61. The van der Waals surface area contributed by atoms with Gasteiger partial charge in [-0.25, -0.2) is 14.4 Å². The molecule has 0 aromatic carbocycles. The minimum atomic E-state index is -0.584. The highest BCUT2D eigenvalue weighted by molar-refractivity contribution is 6.08. The molecular weight excluding hydrogens is 333 g/mol. The van der Waals surface area contributed by atoms with Crippen LogP contribution in [0.2, 0.25) is 0 Å². The zero-order valence-electron chi connectivity index (χ0n) is 15.1. The Morgan fingerprint density at radius 1 is 1.23 bits per heavy atom. The molecule has 1 spiro atoms. The van der Waals surface area contributed by atoms with Crippen molar-refractivity contribution in [3.05, 3.63) is 18.2 Å². The first kappa shape index (κ1) is 16.1. The molecule has 1 amide bonds. The van der Waals surface area contributed by atoms with E-state index in [1.807, 2.05) is 4.90 Å². The lowest BCUT2D eigenvalue weighted by Gasteiger charge is -2.28. The number of carbonyl (C=O) groups excluding carboxylic acids is 1. The Kier molecular flexibility index (Phi) is 3.56. The summed E-state index contributed by atoms with van der Waals surface area (Å²) in [6, 6.07) is 0. The van der Waals surface area contributed by atoms with Gasteiger partial charge in [-0.1, -0.05) is 6.92 Å². The van der Waals surface area contributed by atoms with Gasteiger partial charge in [-0.15, -0.1) is 0 Å². The summed E-state index contributed by atoms with van der Waals surface area (Å²) in [5.74, 6) is 2.61. The van der Waals surface area contributed by atoms with Crippen molar-refractivity contribution in [3.63, 3.8) is 0 Å². The van der Waals surface area contributed by atoms with E-state index in [1.165, 1.54) is 25.2 Å². The third-order valence-electron chi connectivity index (χ3n) is 6.55. The lowest BCUT2D eigenvalue weighted by Crippen LogP contribution is -2.47. The molecule has 6 nitrogen and oxygen atoms in total. The van der Waals surface area contributed by atoms with Crippen molar-refractivity contribution in [1.29, 1.82) is 0 Å². The van der Waals surface area contributed by atoms with Crippen LogP contribution in [0, 0.1) is 23.6 Å². The number of fused-ring (bicyclic) bond motifs is 2. The van der Waals surface area contributed by atoms with Crippen LogP contribution in [0.25, 0.3) is 0 Å². The smallest absolute Gasteiger partial charge is 0.256 e. The van der Waals surface area contributed by atoms with E-state index in [4.69, 9.17) is 4.99 Å². The zero-order valence-corrected chi connectivity index (χ0v) is 15.1. The minimum absolute atomic E-state index is 0.203. The van der Waals surface area contributed by atoms with Crippen molar-refractivity contribution in [2.24, 2.45) is 22.7 Å². The van der Waals surface area contributed by atoms with E-state index in [2.05, 4.69) is 21.8 Å². The predicted octanol–water partition coefficient (Wildman–Crippen LogP) is 2.26. The van der Waals surface area contributed by atoms with Crippen molar-refractivity contribution in [2.45, 2.75) is 44.6 Å². The summed E-state index contributed by atoms with van der Waals surface area (Å²) in [5.41, 5.74) is -0.584. The molecule has 0 unspecified atom stereocenters. The summed E-state index contributed by atoms with van der Waals surface area (Å²) in [6.07, 6.45) is 7.54. The molecule has 2 aliphatic carbocycles. The second kappa shape index (κ2) is 5.72. The molecule has 2 aliphatic heterocycles. The Morgan fingerprint density at radius 2 is 2.00 bits per heavy atom. The second-order valence-electron chi connectivity index (χ2n) is 8.18. The van der Waals surface area contributed by atoms with Crippen molar-refractivity contribution in [3.8, 4) is 0 Å². The van der Waals surface area contributed by atoms with Gasteiger partial charge in [-0.3, -0.25) is 14.7 Å². The topological polar surface area (TPSA) is 61.7 Å². The third kappa shape index (κ3) is 2.36. The van der Waals surface area contributed by atoms with Crippen LogP contribution in [0.5, 0.6) is 0 Å². The minimum Gasteiger partial charge on any atom is -0.340 e. The maximum atomic E-state index is 13.4. The molecular formula is C19H24FN5O. The lowest BCUT2D eigenvalue weighted by molar-refractivity contribution is -0.132. The van der Waals surface area contributed by atoms with Gasteiger partial charge in [0.1, 0.15) is 11.4 Å². The highest BCUT2D eigenvalue weighted by Crippen LogP contribution is 2.51. The number of aliphatic imine (C=N–C) groups is 1. The first-order chi connectivity index (χ1) is 12.6. The van der Waals surface area contributed by atoms with E-state index in [0.29, 0.717) is 17.8 Å². The molecule has 0 N–H and O–H groups in total. The van der Waals surface area contributed by atoms with Crippen molar-refractivity contribution < 1.29 is 9.18 Å². The number of anilines is 1. The van der Waals surface area contributed by atoms with E-state index >= 15 is 0 Å². The Bertz CT molecular complexity index is 762. The van der Waals surface area contributed by atoms with Gasteiger partial charge in [0.05, 0.1) is 12.4 Å². The maximum Gasteiger partial charge on any atom is 0.256 e. The third-order valence-corrected chi connectivity index (χ3v) is 6.55. The van der Waals surface area contributed by atoms with Gasteiger partial charge in [0, 0.05) is 32.0 Å². The number of amidine groups is 1. The molecule has 4 aliphatic rings. The van der Waals surface area contributed by atoms with Gasteiger partial charge in [0.15, 0.2) is 5.82 Å². The van der Waals surface area contributed by atoms with E-state index in [1.54, 1.807) is 0 Å². The van der Waals surface area contributed by atoms with Gasteiger partial charge in [0.2, 0.25) is 5.95 Å². The average molecular weight is 357 g/mol. The monoisotopic (exact) mass is 357 g/mol. The summed E-state index contributed by atoms with van der Waals surface area (Å²) in [5, 5.41) is 0. The zero-order chi connectivity index (χ0) is 17.9. The molecule has 3 fully saturated rings. The SMILES string of the molecule is CCC1=N[C@]2(CC[C@@H]3CN(c4ncc(F)cn4)C[C@H]32)C(=O)N1CC1CC1. The predicted molar refractivity (Wildman–Crippen MR) is 95.3 cm³/mol. The van der Waals surface area contributed by atoms with Gasteiger partial charge in [-0.2, -0.15) is 0 Å². The van der Waals surface area contributed by atoms with Crippen LogP contribution in [-0.2, 0) is 4.79 Å². The summed E-state index contributed by atoms with van der Waals surface area (Å²) >= 11 is 0. The maximum absolute atomic E-state index is 13.4. The molecule has 3 heterocycles. The average Bonchev–Trinajstić information content (AvgIpc) is 3.16. The number of hydrogen-bond donors (Lipinski definition) is 0. The van der Waals surface area contributed by atoms with E-state index < -0.39 is 11.4 Å². The number of hydrogen-bond acceptors (Lipinski definition) is 5. The van der Waals surface area contributed by atoms with Gasteiger partial charge in [-0.05, 0) is 37.5 Å². The van der Waals surface area contributed by atoms with Crippen molar-refractivity contribution in [2.75, 3.05) is 24.5 Å². The number of aromatic nitrogens is 2. The Labute approximate surface area is 152 Å². The van der Waals surface area contributed by atoms with Crippen LogP contribution in [0.15, 0.2) is 17.4 Å². The van der Waals surface area contributed by atoms with Crippen LogP contribution >= 0.6 is 0 Å². The van der Waals surface area contributed by atoms with E-state index in [9.17, 15) is 9.18 Å². The summed E-state index contributed by atoms with van der Waals surface area (Å²) in [6.45, 7) is 4.48. The lowest BCUT2D eigenvalue weighted by atomic mass is 9.85. The van der Waals surface area contributed by atoms with E-state index in [-0.39, 0.29) is 11.8 Å². The molecule has 1 aromatic rings. The number of amides is 1. The normalized spacial score (nSPS) is 33.3. The molecule has 26 heavy (non-hydrogen) atoms. The molecule has 138 valence electrons. The highest BCUT2D eigenvalue weighted by atomic mass is 19.1. The number of rotatable bonds is 4.